The topological polar surface area (TPSA) is 58.2 Å². The standard InChI is InChI=1S/C17H18N2O2/c20-16(18-12-11-14-7-3-1-4-8-14)13-17(21)19-15-9-5-2-6-10-15/h1-10H,11-13H2,(H,18,20)(H,19,21). The molecule has 0 unspecified atom stereocenters. The summed E-state index contributed by atoms with van der Waals surface area (Å²) in [4.78, 5) is 23.3. The molecule has 0 spiro atoms. The van der Waals surface area contributed by atoms with Crippen LogP contribution in [0.15, 0.2) is 60.7 Å². The van der Waals surface area contributed by atoms with Crippen LogP contribution in [0.4, 0.5) is 5.69 Å². The van der Waals surface area contributed by atoms with Gasteiger partial charge in [-0.1, -0.05) is 48.5 Å². The van der Waals surface area contributed by atoms with Crippen molar-refractivity contribution < 1.29 is 9.59 Å². The quantitative estimate of drug-likeness (QED) is 0.799. The van der Waals surface area contributed by atoms with Gasteiger partial charge in [0.2, 0.25) is 11.8 Å². The third-order valence-corrected chi connectivity index (χ3v) is 2.96. The van der Waals surface area contributed by atoms with Crippen LogP contribution in [0.2, 0.25) is 0 Å². The van der Waals surface area contributed by atoms with Gasteiger partial charge in [-0.25, -0.2) is 0 Å². The number of carbonyl (C=O) groups is 2. The first kappa shape index (κ1) is 14.8. The summed E-state index contributed by atoms with van der Waals surface area (Å²) in [6.07, 6.45) is 0.594. The van der Waals surface area contributed by atoms with E-state index in [9.17, 15) is 9.59 Å². The van der Waals surface area contributed by atoms with Crippen molar-refractivity contribution in [1.29, 1.82) is 0 Å². The van der Waals surface area contributed by atoms with Gasteiger partial charge in [0, 0.05) is 12.2 Å². The number of anilines is 1. The molecular weight excluding hydrogens is 264 g/mol. The number of carbonyl (C=O) groups excluding carboxylic acids is 2. The van der Waals surface area contributed by atoms with E-state index in [1.807, 2.05) is 48.5 Å². The van der Waals surface area contributed by atoms with Gasteiger partial charge in [0.1, 0.15) is 6.42 Å². The minimum atomic E-state index is -0.307. The zero-order valence-corrected chi connectivity index (χ0v) is 11.7. The Labute approximate surface area is 124 Å². The van der Waals surface area contributed by atoms with Gasteiger partial charge in [0.05, 0.1) is 0 Å². The van der Waals surface area contributed by atoms with Crippen LogP contribution in [0.3, 0.4) is 0 Å². The van der Waals surface area contributed by atoms with Crippen LogP contribution in [0.25, 0.3) is 0 Å². The summed E-state index contributed by atoms with van der Waals surface area (Å²) in [6, 6.07) is 19.0. The molecule has 0 atom stereocenters. The molecule has 0 aromatic heterocycles. The van der Waals surface area contributed by atoms with Gasteiger partial charge in [0.15, 0.2) is 0 Å². The smallest absolute Gasteiger partial charge is 0.233 e. The molecule has 2 aromatic carbocycles. The third kappa shape index (κ3) is 5.48. The fourth-order valence-electron chi connectivity index (χ4n) is 1.93. The van der Waals surface area contributed by atoms with Crippen LogP contribution in [-0.2, 0) is 16.0 Å². The molecule has 2 amide bonds. The Morgan fingerprint density at radius 3 is 2.10 bits per heavy atom. The second kappa shape index (κ2) is 7.85. The van der Waals surface area contributed by atoms with E-state index in [0.717, 1.165) is 12.0 Å². The SMILES string of the molecule is O=C(CC(=O)Nc1ccccc1)NCCc1ccccc1. The molecule has 2 N–H and O–H groups in total. The van der Waals surface area contributed by atoms with Crippen LogP contribution >= 0.6 is 0 Å². The largest absolute Gasteiger partial charge is 0.355 e. The highest BCUT2D eigenvalue weighted by Gasteiger charge is 2.08. The number of para-hydroxylation sites is 1. The summed E-state index contributed by atoms with van der Waals surface area (Å²) < 4.78 is 0. The summed E-state index contributed by atoms with van der Waals surface area (Å²) in [7, 11) is 0. The van der Waals surface area contributed by atoms with Crippen molar-refractivity contribution in [3.63, 3.8) is 0 Å². The molecule has 4 nitrogen and oxygen atoms in total. The predicted octanol–water partition coefficient (Wildman–Crippen LogP) is 2.37. The van der Waals surface area contributed by atoms with E-state index in [0.29, 0.717) is 12.2 Å². The molecule has 0 aliphatic heterocycles. The average molecular weight is 282 g/mol. The number of hydrogen-bond donors (Lipinski definition) is 2. The molecule has 0 aliphatic carbocycles. The second-order valence-corrected chi connectivity index (χ2v) is 4.68. The van der Waals surface area contributed by atoms with Gasteiger partial charge in [-0.15, -0.1) is 0 Å². The van der Waals surface area contributed by atoms with Crippen LogP contribution < -0.4 is 10.6 Å². The van der Waals surface area contributed by atoms with E-state index in [-0.39, 0.29) is 18.2 Å². The van der Waals surface area contributed by atoms with Gasteiger partial charge >= 0.3 is 0 Å². The Morgan fingerprint density at radius 2 is 1.43 bits per heavy atom. The molecule has 0 heterocycles. The molecule has 0 saturated heterocycles. The molecule has 0 bridgehead atoms. The summed E-state index contributed by atoms with van der Waals surface area (Å²) in [5.74, 6) is -0.572. The number of nitrogens with one attached hydrogen (secondary N) is 2. The van der Waals surface area contributed by atoms with Crippen molar-refractivity contribution in [2.75, 3.05) is 11.9 Å². The van der Waals surface area contributed by atoms with Crippen molar-refractivity contribution in [2.45, 2.75) is 12.8 Å². The zero-order valence-electron chi connectivity index (χ0n) is 11.7. The summed E-state index contributed by atoms with van der Waals surface area (Å²) in [6.45, 7) is 0.529. The highest BCUT2D eigenvalue weighted by Crippen LogP contribution is 2.05. The monoisotopic (exact) mass is 282 g/mol. The predicted molar refractivity (Wildman–Crippen MR) is 82.8 cm³/mol. The van der Waals surface area contributed by atoms with Gasteiger partial charge in [-0.3, -0.25) is 9.59 Å². The first-order valence-electron chi connectivity index (χ1n) is 6.89. The molecule has 108 valence electrons. The second-order valence-electron chi connectivity index (χ2n) is 4.68. The van der Waals surface area contributed by atoms with Crippen molar-refractivity contribution in [1.82, 2.24) is 5.32 Å². The van der Waals surface area contributed by atoms with E-state index in [1.54, 1.807) is 12.1 Å². The van der Waals surface area contributed by atoms with Gasteiger partial charge in [-0.2, -0.15) is 0 Å². The average Bonchev–Trinajstić information content (AvgIpc) is 2.49. The van der Waals surface area contributed by atoms with E-state index < -0.39 is 0 Å². The lowest BCUT2D eigenvalue weighted by Gasteiger charge is -2.06. The van der Waals surface area contributed by atoms with Crippen molar-refractivity contribution in [2.24, 2.45) is 0 Å². The van der Waals surface area contributed by atoms with Crippen LogP contribution in [0.1, 0.15) is 12.0 Å². The van der Waals surface area contributed by atoms with Gasteiger partial charge in [0.25, 0.3) is 0 Å². The van der Waals surface area contributed by atoms with Crippen LogP contribution in [0, 0.1) is 0 Å². The maximum atomic E-state index is 11.7. The molecule has 2 rings (SSSR count). The fourth-order valence-corrected chi connectivity index (χ4v) is 1.93. The highest BCUT2D eigenvalue weighted by molar-refractivity contribution is 6.03. The van der Waals surface area contributed by atoms with E-state index in [4.69, 9.17) is 0 Å². The molecule has 4 heteroatoms. The maximum Gasteiger partial charge on any atom is 0.233 e. The first-order chi connectivity index (χ1) is 10.2. The van der Waals surface area contributed by atoms with Crippen molar-refractivity contribution in [3.8, 4) is 0 Å². The number of hydrogen-bond acceptors (Lipinski definition) is 2. The Kier molecular flexibility index (Phi) is 5.52. The molecule has 0 radical (unpaired) electrons. The number of amides is 2. The van der Waals surface area contributed by atoms with Crippen molar-refractivity contribution >= 4 is 17.5 Å². The number of benzene rings is 2. The summed E-state index contributed by atoms with van der Waals surface area (Å²) in [5.41, 5.74) is 1.85. The minimum absolute atomic E-state index is 0.163. The number of rotatable bonds is 6. The molecule has 2 aromatic rings. The Hall–Kier alpha value is -2.62. The van der Waals surface area contributed by atoms with E-state index in [1.165, 1.54) is 0 Å². The normalized spacial score (nSPS) is 9.90. The molecular formula is C17H18N2O2. The lowest BCUT2D eigenvalue weighted by atomic mass is 10.1. The van der Waals surface area contributed by atoms with Gasteiger partial charge < -0.3 is 10.6 Å². The third-order valence-electron chi connectivity index (χ3n) is 2.96. The van der Waals surface area contributed by atoms with E-state index in [2.05, 4.69) is 10.6 Å². The Morgan fingerprint density at radius 1 is 0.810 bits per heavy atom. The van der Waals surface area contributed by atoms with Gasteiger partial charge in [-0.05, 0) is 24.1 Å². The summed E-state index contributed by atoms with van der Waals surface area (Å²) in [5, 5.41) is 5.43. The molecule has 0 fully saturated rings. The maximum absolute atomic E-state index is 11.7. The minimum Gasteiger partial charge on any atom is -0.355 e. The Balaban J connectivity index is 1.68. The van der Waals surface area contributed by atoms with Crippen LogP contribution in [0.5, 0.6) is 0 Å². The first-order valence-corrected chi connectivity index (χ1v) is 6.89. The zero-order chi connectivity index (χ0) is 14.9. The Bertz CT molecular complexity index is 582. The van der Waals surface area contributed by atoms with Crippen molar-refractivity contribution in [3.05, 3.63) is 66.2 Å². The lowest BCUT2D eigenvalue weighted by Crippen LogP contribution is -2.29. The summed E-state index contributed by atoms with van der Waals surface area (Å²) >= 11 is 0. The highest BCUT2D eigenvalue weighted by atomic mass is 16.2. The molecule has 21 heavy (non-hydrogen) atoms. The lowest BCUT2D eigenvalue weighted by molar-refractivity contribution is -0.126. The molecule has 0 saturated carbocycles. The van der Waals surface area contributed by atoms with Crippen LogP contribution in [-0.4, -0.2) is 18.4 Å². The molecule has 0 aliphatic rings. The fraction of sp³-hybridized carbons (Fsp3) is 0.176. The van der Waals surface area contributed by atoms with E-state index >= 15 is 0 Å².